The molecule has 2 heterocycles. The highest BCUT2D eigenvalue weighted by Crippen LogP contribution is 2.13. The normalized spacial score (nSPS) is 11.4. The summed E-state index contributed by atoms with van der Waals surface area (Å²) in [4.78, 5) is 10.7. The maximum Gasteiger partial charge on any atom is 0.191 e. The molecule has 0 radical (unpaired) electrons. The molecule has 29 heavy (non-hydrogen) atoms. The van der Waals surface area contributed by atoms with Gasteiger partial charge in [0.1, 0.15) is 17.9 Å². The van der Waals surface area contributed by atoms with E-state index in [9.17, 15) is 0 Å². The van der Waals surface area contributed by atoms with Gasteiger partial charge in [-0.2, -0.15) is 5.10 Å². The Bertz CT molecular complexity index is 892. The van der Waals surface area contributed by atoms with Crippen LogP contribution in [0.1, 0.15) is 22.7 Å². The molecule has 0 aliphatic carbocycles. The Morgan fingerprint density at radius 2 is 1.86 bits per heavy atom. The third-order valence-electron chi connectivity index (χ3n) is 4.45. The summed E-state index contributed by atoms with van der Waals surface area (Å²) in [5.74, 6) is 2.54. The van der Waals surface area contributed by atoms with Crippen LogP contribution in [-0.2, 0) is 33.2 Å². The average molecular weight is 509 g/mol. The van der Waals surface area contributed by atoms with Crippen LogP contribution in [-0.4, -0.2) is 39.7 Å². The largest absolute Gasteiger partial charge is 0.468 e. The molecule has 0 spiro atoms. The van der Waals surface area contributed by atoms with Crippen molar-refractivity contribution in [2.45, 2.75) is 26.2 Å². The maximum absolute atomic E-state index is 5.44. The second-order valence-electron chi connectivity index (χ2n) is 6.60. The molecule has 0 unspecified atom stereocenters. The zero-order valence-corrected chi connectivity index (χ0v) is 19.3. The van der Waals surface area contributed by atoms with Crippen LogP contribution < -0.4 is 10.6 Å². The zero-order chi connectivity index (χ0) is 19.8. The van der Waals surface area contributed by atoms with Gasteiger partial charge in [-0.05, 0) is 30.3 Å². The third-order valence-corrected chi connectivity index (χ3v) is 4.45. The summed E-state index contributed by atoms with van der Waals surface area (Å²) < 4.78 is 7.18. The average Bonchev–Trinajstić information content (AvgIpc) is 3.34. The molecular weight excluding hydrogens is 481 g/mol. The van der Waals surface area contributed by atoms with Gasteiger partial charge >= 0.3 is 0 Å². The molecule has 0 saturated carbocycles. The van der Waals surface area contributed by atoms with E-state index in [2.05, 4.69) is 61.9 Å². The first kappa shape index (κ1) is 22.9. The van der Waals surface area contributed by atoms with E-state index >= 15 is 0 Å². The van der Waals surface area contributed by atoms with Crippen molar-refractivity contribution in [2.75, 3.05) is 14.1 Å². The van der Waals surface area contributed by atoms with Crippen molar-refractivity contribution in [3.05, 3.63) is 71.7 Å². The summed E-state index contributed by atoms with van der Waals surface area (Å²) in [5, 5.41) is 10.7. The third kappa shape index (κ3) is 6.86. The van der Waals surface area contributed by atoms with Gasteiger partial charge in [0.25, 0.3) is 0 Å². The summed E-state index contributed by atoms with van der Waals surface area (Å²) in [6, 6.07) is 12.3. The van der Waals surface area contributed by atoms with Crippen LogP contribution in [0.3, 0.4) is 0 Å². The number of nitrogens with zero attached hydrogens (tertiary/aromatic N) is 5. The van der Waals surface area contributed by atoms with Crippen LogP contribution in [0.5, 0.6) is 0 Å². The van der Waals surface area contributed by atoms with Crippen LogP contribution in [0.4, 0.5) is 0 Å². The van der Waals surface area contributed by atoms with E-state index in [1.165, 1.54) is 11.1 Å². The fourth-order valence-electron chi connectivity index (χ4n) is 2.94. The molecular formula is C20H28IN7O. The SMILES string of the molecule is CN=C(NCc1ccccc1CN(C)Cc1ccco1)NCc1ncnn1C.I. The quantitative estimate of drug-likeness (QED) is 0.276. The molecule has 3 aromatic rings. The molecule has 0 amide bonds. The van der Waals surface area contributed by atoms with Gasteiger partial charge in [0.2, 0.25) is 0 Å². The Morgan fingerprint density at radius 3 is 2.52 bits per heavy atom. The van der Waals surface area contributed by atoms with E-state index in [0.29, 0.717) is 13.1 Å². The molecule has 0 fully saturated rings. The van der Waals surface area contributed by atoms with Crippen LogP contribution in [0.15, 0.2) is 58.4 Å². The monoisotopic (exact) mass is 509 g/mol. The predicted octanol–water partition coefficient (Wildman–Crippen LogP) is 2.52. The first-order valence-corrected chi connectivity index (χ1v) is 9.21. The van der Waals surface area contributed by atoms with Crippen molar-refractivity contribution in [1.29, 1.82) is 0 Å². The lowest BCUT2D eigenvalue weighted by molar-refractivity contribution is 0.287. The second-order valence-corrected chi connectivity index (χ2v) is 6.60. The van der Waals surface area contributed by atoms with Crippen molar-refractivity contribution >= 4 is 29.9 Å². The lowest BCUT2D eigenvalue weighted by Crippen LogP contribution is -2.37. The number of halogens is 1. The summed E-state index contributed by atoms with van der Waals surface area (Å²) in [7, 11) is 5.72. The van der Waals surface area contributed by atoms with Crippen LogP contribution in [0.2, 0.25) is 0 Å². The highest BCUT2D eigenvalue weighted by Gasteiger charge is 2.09. The maximum atomic E-state index is 5.44. The number of rotatable bonds is 8. The number of nitrogens with one attached hydrogen (secondary N) is 2. The van der Waals surface area contributed by atoms with Crippen LogP contribution in [0.25, 0.3) is 0 Å². The number of aryl methyl sites for hydroxylation is 1. The molecule has 1 aromatic carbocycles. The van der Waals surface area contributed by atoms with Crippen molar-refractivity contribution in [3.8, 4) is 0 Å². The fourth-order valence-corrected chi connectivity index (χ4v) is 2.94. The van der Waals surface area contributed by atoms with E-state index in [4.69, 9.17) is 4.42 Å². The molecule has 3 rings (SSSR count). The minimum absolute atomic E-state index is 0. The van der Waals surface area contributed by atoms with Gasteiger partial charge in [-0.15, -0.1) is 24.0 Å². The number of benzene rings is 1. The number of hydrogen-bond donors (Lipinski definition) is 2. The second kappa shape index (κ2) is 11.6. The molecule has 0 aliphatic heterocycles. The number of aromatic nitrogens is 3. The van der Waals surface area contributed by atoms with E-state index in [0.717, 1.165) is 30.6 Å². The molecule has 8 nitrogen and oxygen atoms in total. The Labute approximate surface area is 188 Å². The highest BCUT2D eigenvalue weighted by molar-refractivity contribution is 14.0. The van der Waals surface area contributed by atoms with E-state index in [-0.39, 0.29) is 24.0 Å². The van der Waals surface area contributed by atoms with E-state index in [1.807, 2.05) is 19.2 Å². The first-order chi connectivity index (χ1) is 13.7. The van der Waals surface area contributed by atoms with Crippen molar-refractivity contribution < 1.29 is 4.42 Å². The Morgan fingerprint density at radius 1 is 1.10 bits per heavy atom. The zero-order valence-electron chi connectivity index (χ0n) is 17.0. The molecule has 0 aliphatic rings. The Balaban J connectivity index is 0.00000300. The molecule has 0 bridgehead atoms. The van der Waals surface area contributed by atoms with Gasteiger partial charge < -0.3 is 15.1 Å². The Kier molecular flexibility index (Phi) is 9.13. The van der Waals surface area contributed by atoms with Gasteiger partial charge in [-0.3, -0.25) is 14.6 Å². The molecule has 2 aromatic heterocycles. The minimum Gasteiger partial charge on any atom is -0.468 e. The molecule has 0 saturated heterocycles. The Hall–Kier alpha value is -2.40. The van der Waals surface area contributed by atoms with Crippen LogP contribution >= 0.6 is 24.0 Å². The van der Waals surface area contributed by atoms with Crippen molar-refractivity contribution in [2.24, 2.45) is 12.0 Å². The van der Waals surface area contributed by atoms with E-state index < -0.39 is 0 Å². The summed E-state index contributed by atoms with van der Waals surface area (Å²) in [6.07, 6.45) is 3.25. The summed E-state index contributed by atoms with van der Waals surface area (Å²) in [6.45, 7) is 2.85. The van der Waals surface area contributed by atoms with Gasteiger partial charge in [-0.25, -0.2) is 4.98 Å². The van der Waals surface area contributed by atoms with Crippen molar-refractivity contribution in [1.82, 2.24) is 30.3 Å². The van der Waals surface area contributed by atoms with Crippen LogP contribution in [0, 0.1) is 0 Å². The lowest BCUT2D eigenvalue weighted by Gasteiger charge is -2.19. The highest BCUT2D eigenvalue weighted by atomic mass is 127. The van der Waals surface area contributed by atoms with E-state index in [1.54, 1.807) is 24.3 Å². The number of guanidine groups is 1. The number of aliphatic imine (C=N–C) groups is 1. The van der Waals surface area contributed by atoms with Gasteiger partial charge in [0.05, 0.1) is 19.4 Å². The number of furan rings is 1. The first-order valence-electron chi connectivity index (χ1n) is 9.21. The van der Waals surface area contributed by atoms with Gasteiger partial charge in [-0.1, -0.05) is 24.3 Å². The summed E-state index contributed by atoms with van der Waals surface area (Å²) in [5.41, 5.74) is 2.50. The molecule has 9 heteroatoms. The lowest BCUT2D eigenvalue weighted by atomic mass is 10.1. The smallest absolute Gasteiger partial charge is 0.191 e. The fraction of sp³-hybridized carbons (Fsp3) is 0.350. The minimum atomic E-state index is 0. The topological polar surface area (TPSA) is 83.5 Å². The standard InChI is InChI=1S/C20H27N7O.HI/c1-21-20(23-12-19-24-15-25-27(19)3)22-11-16-7-4-5-8-17(16)13-26(2)14-18-9-6-10-28-18;/h4-10,15H,11-14H2,1-3H3,(H2,21,22,23);1H. The summed E-state index contributed by atoms with van der Waals surface area (Å²) >= 11 is 0. The number of hydrogen-bond acceptors (Lipinski definition) is 5. The molecule has 0 atom stereocenters. The van der Waals surface area contributed by atoms with Gasteiger partial charge in [0, 0.05) is 27.2 Å². The predicted molar refractivity (Wildman–Crippen MR) is 124 cm³/mol. The molecule has 2 N–H and O–H groups in total. The van der Waals surface area contributed by atoms with Gasteiger partial charge in [0.15, 0.2) is 5.96 Å². The van der Waals surface area contributed by atoms with Crippen molar-refractivity contribution in [3.63, 3.8) is 0 Å². The molecule has 156 valence electrons.